The zero-order valence-corrected chi connectivity index (χ0v) is 15.0. The number of pyridine rings is 1. The van der Waals surface area contributed by atoms with Crippen molar-refractivity contribution in [1.29, 1.82) is 0 Å². The Morgan fingerprint density at radius 2 is 1.96 bits per heavy atom. The van der Waals surface area contributed by atoms with Crippen molar-refractivity contribution in [2.24, 2.45) is 0 Å². The molecule has 1 atom stereocenters. The molecule has 3 rings (SSSR count). The van der Waals surface area contributed by atoms with Gasteiger partial charge in [0.25, 0.3) is 0 Å². The summed E-state index contributed by atoms with van der Waals surface area (Å²) in [5.74, 6) is -0.776. The molecule has 0 aliphatic heterocycles. The fourth-order valence-electron chi connectivity index (χ4n) is 3.10. The van der Waals surface area contributed by atoms with Gasteiger partial charge in [0, 0.05) is 30.8 Å². The molecule has 3 aromatic rings. The van der Waals surface area contributed by atoms with Crippen molar-refractivity contribution < 1.29 is 18.0 Å². The molecule has 0 fully saturated rings. The number of aromatic nitrogens is 2. The van der Waals surface area contributed by atoms with Crippen LogP contribution in [0.1, 0.15) is 43.0 Å². The maximum absolute atomic E-state index is 13.2. The van der Waals surface area contributed by atoms with Crippen molar-refractivity contribution >= 4 is 11.6 Å². The molecule has 0 radical (unpaired) electrons. The lowest BCUT2D eigenvalue weighted by Crippen LogP contribution is -2.31. The van der Waals surface area contributed by atoms with Crippen LogP contribution in [0.25, 0.3) is 5.65 Å². The Morgan fingerprint density at radius 1 is 1.19 bits per heavy atom. The highest BCUT2D eigenvalue weighted by Crippen LogP contribution is 2.34. The van der Waals surface area contributed by atoms with Crippen LogP contribution in [-0.2, 0) is 11.0 Å². The van der Waals surface area contributed by atoms with E-state index in [1.165, 1.54) is 6.07 Å². The monoisotopic (exact) mass is 375 g/mol. The molecule has 2 aromatic heterocycles. The summed E-state index contributed by atoms with van der Waals surface area (Å²) < 4.78 is 41.3. The van der Waals surface area contributed by atoms with Gasteiger partial charge in [-0.15, -0.1) is 0 Å². The van der Waals surface area contributed by atoms with Gasteiger partial charge in [0.1, 0.15) is 5.65 Å². The van der Waals surface area contributed by atoms with E-state index < -0.39 is 17.7 Å². The Kier molecular flexibility index (Phi) is 5.21. The average Bonchev–Trinajstić information content (AvgIpc) is 3.02. The first-order valence-corrected chi connectivity index (χ1v) is 8.64. The predicted molar refractivity (Wildman–Crippen MR) is 96.4 cm³/mol. The third kappa shape index (κ3) is 4.30. The van der Waals surface area contributed by atoms with Crippen molar-refractivity contribution in [2.45, 2.75) is 38.4 Å². The Hall–Kier alpha value is -2.83. The van der Waals surface area contributed by atoms with Crippen molar-refractivity contribution in [1.82, 2.24) is 14.7 Å². The molecular formula is C20H20F3N3O. The average molecular weight is 375 g/mol. The Morgan fingerprint density at radius 3 is 2.67 bits per heavy atom. The van der Waals surface area contributed by atoms with E-state index in [-0.39, 0.29) is 18.4 Å². The number of carbonyl (C=O) groups excluding carboxylic acids is 1. The van der Waals surface area contributed by atoms with Crippen LogP contribution in [0.2, 0.25) is 0 Å². The summed E-state index contributed by atoms with van der Waals surface area (Å²) in [5, 5.41) is 2.81. The minimum atomic E-state index is -4.44. The van der Waals surface area contributed by atoms with E-state index in [1.807, 2.05) is 26.0 Å². The highest BCUT2D eigenvalue weighted by molar-refractivity contribution is 5.77. The summed E-state index contributed by atoms with van der Waals surface area (Å²) in [6.45, 7) is 3.68. The van der Waals surface area contributed by atoms with Gasteiger partial charge in [0.15, 0.2) is 0 Å². The normalized spacial score (nSPS) is 13.1. The third-order valence-electron chi connectivity index (χ3n) is 4.26. The molecule has 4 nitrogen and oxygen atoms in total. The van der Waals surface area contributed by atoms with Crippen molar-refractivity contribution in [2.75, 3.05) is 0 Å². The summed E-state index contributed by atoms with van der Waals surface area (Å²) in [6.07, 6.45) is -1.01. The zero-order valence-electron chi connectivity index (χ0n) is 15.0. The van der Waals surface area contributed by atoms with Crippen LogP contribution >= 0.6 is 0 Å². The van der Waals surface area contributed by atoms with E-state index in [1.54, 1.807) is 28.9 Å². The van der Waals surface area contributed by atoms with Crippen LogP contribution in [0.5, 0.6) is 0 Å². The molecular weight excluding hydrogens is 355 g/mol. The highest BCUT2D eigenvalue weighted by Gasteiger charge is 2.32. The molecule has 0 aliphatic carbocycles. The topological polar surface area (TPSA) is 46.4 Å². The molecule has 2 heterocycles. The van der Waals surface area contributed by atoms with Gasteiger partial charge in [-0.3, -0.25) is 4.79 Å². The van der Waals surface area contributed by atoms with Gasteiger partial charge in [-0.05, 0) is 37.6 Å². The fourth-order valence-corrected chi connectivity index (χ4v) is 3.10. The van der Waals surface area contributed by atoms with Crippen molar-refractivity contribution in [3.8, 4) is 0 Å². The second kappa shape index (κ2) is 7.42. The Labute approximate surface area is 155 Å². The van der Waals surface area contributed by atoms with Crippen molar-refractivity contribution in [3.63, 3.8) is 0 Å². The summed E-state index contributed by atoms with van der Waals surface area (Å²) in [4.78, 5) is 16.7. The minimum Gasteiger partial charge on any atom is -0.354 e. The molecule has 1 N–H and O–H groups in total. The molecule has 1 aromatic carbocycles. The number of nitrogens with zero attached hydrogens (tertiary/aromatic N) is 2. The number of alkyl halides is 3. The Bertz CT molecular complexity index is 947. The first-order valence-electron chi connectivity index (χ1n) is 8.64. The number of hydrogen-bond acceptors (Lipinski definition) is 2. The van der Waals surface area contributed by atoms with Gasteiger partial charge in [-0.1, -0.05) is 24.3 Å². The summed E-state index contributed by atoms with van der Waals surface area (Å²) in [5.41, 5.74) is 1.04. The Balaban J connectivity index is 2.07. The smallest absolute Gasteiger partial charge is 0.354 e. The number of carbonyl (C=O) groups is 1. The molecule has 1 amide bonds. The van der Waals surface area contributed by atoms with Crippen LogP contribution in [0.15, 0.2) is 54.9 Å². The van der Waals surface area contributed by atoms with E-state index in [2.05, 4.69) is 10.3 Å². The molecule has 0 aliphatic rings. The molecule has 142 valence electrons. The van der Waals surface area contributed by atoms with Gasteiger partial charge in [-0.2, -0.15) is 13.2 Å². The maximum atomic E-state index is 13.2. The van der Waals surface area contributed by atoms with Crippen LogP contribution < -0.4 is 5.32 Å². The number of amides is 1. The maximum Gasteiger partial charge on any atom is 0.416 e. The number of rotatable bonds is 5. The van der Waals surface area contributed by atoms with E-state index in [9.17, 15) is 18.0 Å². The molecule has 1 unspecified atom stereocenters. The second-order valence-corrected chi connectivity index (χ2v) is 6.71. The molecule has 0 saturated carbocycles. The molecule has 0 spiro atoms. The molecule has 0 saturated heterocycles. The van der Waals surface area contributed by atoms with Gasteiger partial charge in [-0.25, -0.2) is 4.98 Å². The van der Waals surface area contributed by atoms with E-state index in [4.69, 9.17) is 0 Å². The van der Waals surface area contributed by atoms with Gasteiger partial charge >= 0.3 is 6.18 Å². The first-order chi connectivity index (χ1) is 12.8. The minimum absolute atomic E-state index is 0.0299. The summed E-state index contributed by atoms with van der Waals surface area (Å²) in [6, 6.07) is 10.5. The lowest BCUT2D eigenvalue weighted by molar-refractivity contribution is -0.137. The largest absolute Gasteiger partial charge is 0.416 e. The van der Waals surface area contributed by atoms with Crippen LogP contribution in [-0.4, -0.2) is 21.3 Å². The van der Waals surface area contributed by atoms with Crippen LogP contribution in [0, 0.1) is 0 Å². The quantitative estimate of drug-likeness (QED) is 0.719. The number of imidazole rings is 1. The highest BCUT2D eigenvalue weighted by atomic mass is 19.4. The van der Waals surface area contributed by atoms with Gasteiger partial charge in [0.2, 0.25) is 5.91 Å². The number of halogens is 3. The predicted octanol–water partition coefficient (Wildman–Crippen LogP) is 4.40. The first kappa shape index (κ1) is 18.9. The molecule has 7 heteroatoms. The molecule has 27 heavy (non-hydrogen) atoms. The fraction of sp³-hybridized carbons (Fsp3) is 0.300. The van der Waals surface area contributed by atoms with Crippen LogP contribution in [0.4, 0.5) is 13.2 Å². The summed E-state index contributed by atoms with van der Waals surface area (Å²) >= 11 is 0. The number of fused-ring (bicyclic) bond motifs is 1. The summed E-state index contributed by atoms with van der Waals surface area (Å²) in [7, 11) is 0. The molecule has 0 bridgehead atoms. The standard InChI is InChI=1S/C20H20F3N3O/c1-13(2)25-19(27)11-16(14-6-5-7-15(10-14)20(21,22)23)17-12-24-18-8-3-4-9-26(17)18/h3-10,12-13,16H,11H2,1-2H3,(H,25,27). The van der Waals surface area contributed by atoms with Crippen LogP contribution in [0.3, 0.4) is 0 Å². The SMILES string of the molecule is CC(C)NC(=O)CC(c1cccc(C(F)(F)F)c1)c1cnc2ccccn12. The van der Waals surface area contributed by atoms with E-state index >= 15 is 0 Å². The van der Waals surface area contributed by atoms with E-state index in [0.29, 0.717) is 16.9 Å². The van der Waals surface area contributed by atoms with E-state index in [0.717, 1.165) is 12.1 Å². The van der Waals surface area contributed by atoms with Gasteiger partial charge < -0.3 is 9.72 Å². The lowest BCUT2D eigenvalue weighted by atomic mass is 9.91. The second-order valence-electron chi connectivity index (χ2n) is 6.71. The number of nitrogens with one attached hydrogen (secondary N) is 1. The number of benzene rings is 1. The lowest BCUT2D eigenvalue weighted by Gasteiger charge is -2.19. The third-order valence-corrected chi connectivity index (χ3v) is 4.26. The zero-order chi connectivity index (χ0) is 19.6. The van der Waals surface area contributed by atoms with Crippen molar-refractivity contribution in [3.05, 3.63) is 71.7 Å². The number of hydrogen-bond donors (Lipinski definition) is 1. The van der Waals surface area contributed by atoms with Gasteiger partial charge in [0.05, 0.1) is 11.3 Å².